The Morgan fingerprint density at radius 1 is 1.53 bits per heavy atom. The van der Waals surface area contributed by atoms with Gasteiger partial charge in [-0.25, -0.2) is 4.99 Å². The van der Waals surface area contributed by atoms with E-state index in [0.717, 1.165) is 20.5 Å². The lowest BCUT2D eigenvalue weighted by Crippen LogP contribution is -1.87. The Labute approximate surface area is 99.2 Å². The largest absolute Gasteiger partial charge is 0.483 e. The Bertz CT molecular complexity index is 378. The van der Waals surface area contributed by atoms with Crippen LogP contribution in [-0.2, 0) is 4.74 Å². The number of allylic oxidation sites excluding steroid dienone is 1. The molecule has 0 unspecified atom stereocenters. The average molecular weight is 244 g/mol. The molecule has 1 rings (SSSR count). The Balaban J connectivity index is 2.90. The summed E-state index contributed by atoms with van der Waals surface area (Å²) in [4.78, 5) is 5.35. The minimum atomic E-state index is 0.630. The topological polar surface area (TPSA) is 21.6 Å². The first-order valence-corrected chi connectivity index (χ1v) is 5.92. The zero-order valence-electron chi connectivity index (χ0n) is 9.08. The van der Waals surface area contributed by atoms with Crippen LogP contribution in [0.25, 0.3) is 5.70 Å². The molecule has 1 heterocycles. The van der Waals surface area contributed by atoms with Gasteiger partial charge in [0.05, 0.1) is 21.5 Å². The summed E-state index contributed by atoms with van der Waals surface area (Å²) < 4.78 is 5.86. The molecular formula is C11H14ClNOS. The van der Waals surface area contributed by atoms with Crippen molar-refractivity contribution in [3.8, 4) is 0 Å². The Morgan fingerprint density at radius 2 is 2.27 bits per heavy atom. The van der Waals surface area contributed by atoms with E-state index >= 15 is 0 Å². The number of rotatable bonds is 4. The normalized spacial score (nSPS) is 10.7. The zero-order valence-corrected chi connectivity index (χ0v) is 10.7. The first-order chi connectivity index (χ1) is 7.15. The molecule has 2 nitrogen and oxygen atoms in total. The van der Waals surface area contributed by atoms with Crippen LogP contribution in [0.5, 0.6) is 0 Å². The van der Waals surface area contributed by atoms with Gasteiger partial charge in [0.25, 0.3) is 0 Å². The van der Waals surface area contributed by atoms with E-state index in [4.69, 9.17) is 16.3 Å². The molecule has 15 heavy (non-hydrogen) atoms. The van der Waals surface area contributed by atoms with Crippen LogP contribution in [0.1, 0.15) is 25.6 Å². The molecule has 4 heteroatoms. The summed E-state index contributed by atoms with van der Waals surface area (Å²) in [5.74, 6) is 0. The SMILES string of the molecule is CCOC=NC(=C(C)C)c1ccc(Cl)s1. The molecule has 0 aromatic carbocycles. The lowest BCUT2D eigenvalue weighted by atomic mass is 10.2. The predicted molar refractivity (Wildman–Crippen MR) is 67.7 cm³/mol. The van der Waals surface area contributed by atoms with E-state index in [-0.39, 0.29) is 0 Å². The summed E-state index contributed by atoms with van der Waals surface area (Å²) in [7, 11) is 0. The van der Waals surface area contributed by atoms with E-state index in [9.17, 15) is 0 Å². The van der Waals surface area contributed by atoms with Crippen LogP contribution in [0.4, 0.5) is 0 Å². The Hall–Kier alpha value is -0.800. The quantitative estimate of drug-likeness (QED) is 0.573. The molecular weight excluding hydrogens is 230 g/mol. The van der Waals surface area contributed by atoms with Crippen molar-refractivity contribution in [1.29, 1.82) is 0 Å². The van der Waals surface area contributed by atoms with Gasteiger partial charge in [0, 0.05) is 0 Å². The minimum absolute atomic E-state index is 0.630. The van der Waals surface area contributed by atoms with Gasteiger partial charge >= 0.3 is 0 Å². The van der Waals surface area contributed by atoms with Gasteiger partial charge < -0.3 is 4.74 Å². The number of halogens is 1. The van der Waals surface area contributed by atoms with Crippen LogP contribution in [0.15, 0.2) is 22.7 Å². The summed E-state index contributed by atoms with van der Waals surface area (Å²) in [5.41, 5.74) is 2.07. The zero-order chi connectivity index (χ0) is 11.3. The highest BCUT2D eigenvalue weighted by Crippen LogP contribution is 2.30. The molecule has 0 saturated carbocycles. The van der Waals surface area contributed by atoms with Crippen molar-refractivity contribution in [2.45, 2.75) is 20.8 Å². The summed E-state index contributed by atoms with van der Waals surface area (Å²) in [6, 6.07) is 3.85. The first kappa shape index (κ1) is 12.3. The van der Waals surface area contributed by atoms with Gasteiger partial charge in [0.2, 0.25) is 0 Å². The fourth-order valence-corrected chi connectivity index (χ4v) is 2.19. The highest BCUT2D eigenvalue weighted by Gasteiger charge is 2.04. The third-order valence-electron chi connectivity index (χ3n) is 1.70. The minimum Gasteiger partial charge on any atom is -0.483 e. The van der Waals surface area contributed by atoms with Gasteiger partial charge in [-0.05, 0) is 38.5 Å². The van der Waals surface area contributed by atoms with Crippen LogP contribution < -0.4 is 0 Å². The lowest BCUT2D eigenvalue weighted by Gasteiger charge is -2.01. The van der Waals surface area contributed by atoms with Gasteiger partial charge in [0.1, 0.15) is 0 Å². The molecule has 0 fully saturated rings. The van der Waals surface area contributed by atoms with Gasteiger partial charge in [0.15, 0.2) is 6.40 Å². The molecule has 0 amide bonds. The van der Waals surface area contributed by atoms with Crippen LogP contribution in [-0.4, -0.2) is 13.0 Å². The van der Waals surface area contributed by atoms with E-state index in [1.807, 2.05) is 32.9 Å². The molecule has 1 aromatic rings. The van der Waals surface area contributed by atoms with E-state index in [1.165, 1.54) is 17.7 Å². The van der Waals surface area contributed by atoms with E-state index in [1.54, 1.807) is 0 Å². The maximum Gasteiger partial charge on any atom is 0.174 e. The van der Waals surface area contributed by atoms with Crippen molar-refractivity contribution in [2.75, 3.05) is 6.61 Å². The van der Waals surface area contributed by atoms with E-state index in [0.29, 0.717) is 6.61 Å². The van der Waals surface area contributed by atoms with Gasteiger partial charge in [-0.1, -0.05) is 11.6 Å². The monoisotopic (exact) mass is 243 g/mol. The lowest BCUT2D eigenvalue weighted by molar-refractivity contribution is 0.344. The molecule has 0 N–H and O–H groups in total. The van der Waals surface area contributed by atoms with Crippen molar-refractivity contribution >= 4 is 35.0 Å². The van der Waals surface area contributed by atoms with Crippen LogP contribution in [0.3, 0.4) is 0 Å². The van der Waals surface area contributed by atoms with Crippen LogP contribution in [0, 0.1) is 0 Å². The summed E-state index contributed by atoms with van der Waals surface area (Å²) in [5, 5.41) is 0. The molecule has 1 aromatic heterocycles. The third kappa shape index (κ3) is 3.68. The summed E-state index contributed by atoms with van der Waals surface area (Å²) in [6.07, 6.45) is 1.48. The second-order valence-corrected chi connectivity index (χ2v) is 4.86. The number of hydrogen-bond acceptors (Lipinski definition) is 3. The third-order valence-corrected chi connectivity index (χ3v) is 2.94. The van der Waals surface area contributed by atoms with Crippen LogP contribution in [0.2, 0.25) is 4.34 Å². The average Bonchev–Trinajstić information content (AvgIpc) is 2.59. The van der Waals surface area contributed by atoms with Crippen molar-refractivity contribution < 1.29 is 4.74 Å². The van der Waals surface area contributed by atoms with Crippen LogP contribution >= 0.6 is 22.9 Å². The Morgan fingerprint density at radius 3 is 2.73 bits per heavy atom. The van der Waals surface area contributed by atoms with Gasteiger partial charge in [-0.2, -0.15) is 0 Å². The number of hydrogen-bond donors (Lipinski definition) is 0. The standard InChI is InChI=1S/C11H14ClNOS/c1-4-14-7-13-11(8(2)3)9-5-6-10(12)15-9/h5-7H,4H2,1-3H3. The number of ether oxygens (including phenoxy) is 1. The van der Waals surface area contributed by atoms with Crippen molar-refractivity contribution in [3.05, 3.63) is 26.9 Å². The van der Waals surface area contributed by atoms with Crippen molar-refractivity contribution in [3.63, 3.8) is 0 Å². The number of nitrogens with zero attached hydrogens (tertiary/aromatic N) is 1. The fraction of sp³-hybridized carbons (Fsp3) is 0.364. The smallest absolute Gasteiger partial charge is 0.174 e. The second kappa shape index (κ2) is 5.93. The molecule has 0 spiro atoms. The maximum absolute atomic E-state index is 5.88. The van der Waals surface area contributed by atoms with Gasteiger partial charge in [-0.15, -0.1) is 11.3 Å². The molecule has 0 aliphatic rings. The van der Waals surface area contributed by atoms with Gasteiger partial charge in [-0.3, -0.25) is 0 Å². The fourth-order valence-electron chi connectivity index (χ4n) is 1.05. The van der Waals surface area contributed by atoms with E-state index in [2.05, 4.69) is 4.99 Å². The molecule has 0 bridgehead atoms. The Kier molecular flexibility index (Phi) is 4.85. The van der Waals surface area contributed by atoms with Crippen molar-refractivity contribution in [1.82, 2.24) is 0 Å². The highest BCUT2D eigenvalue weighted by atomic mass is 35.5. The molecule has 0 aliphatic heterocycles. The number of thiophene rings is 1. The molecule has 82 valence electrons. The summed E-state index contributed by atoms with van der Waals surface area (Å²) >= 11 is 7.40. The van der Waals surface area contributed by atoms with E-state index < -0.39 is 0 Å². The first-order valence-electron chi connectivity index (χ1n) is 4.72. The molecule has 0 radical (unpaired) electrons. The summed E-state index contributed by atoms with van der Waals surface area (Å²) in [6.45, 7) is 6.60. The molecule has 0 aliphatic carbocycles. The molecule has 0 saturated heterocycles. The molecule has 0 atom stereocenters. The maximum atomic E-state index is 5.88. The number of aliphatic imine (C=N–C) groups is 1. The van der Waals surface area contributed by atoms with Crippen molar-refractivity contribution in [2.24, 2.45) is 4.99 Å². The predicted octanol–water partition coefficient (Wildman–Crippen LogP) is 4.22. The second-order valence-electron chi connectivity index (χ2n) is 3.14. The highest BCUT2D eigenvalue weighted by molar-refractivity contribution is 7.17.